The van der Waals surface area contributed by atoms with Crippen LogP contribution in [0.4, 0.5) is 18.9 Å². The van der Waals surface area contributed by atoms with Crippen molar-refractivity contribution in [1.82, 2.24) is 0 Å². The third kappa shape index (κ3) is 5.61. The highest BCUT2D eigenvalue weighted by Gasteiger charge is 2.43. The Labute approximate surface area is 178 Å². The van der Waals surface area contributed by atoms with E-state index in [0.29, 0.717) is 21.6 Å². The molecule has 156 valence electrons. The number of nitrogens with zero attached hydrogens (tertiary/aromatic N) is 1. The lowest BCUT2D eigenvalue weighted by atomic mass is 10.1. The van der Waals surface area contributed by atoms with Crippen molar-refractivity contribution < 1.29 is 22.8 Å². The maximum absolute atomic E-state index is 13.3. The number of anilines is 1. The number of carbonyl (C=O) groups is 2. The van der Waals surface area contributed by atoms with Gasteiger partial charge in [-0.15, -0.1) is 0 Å². The Morgan fingerprint density at radius 2 is 1.45 bits per heavy atom. The molecule has 0 aliphatic rings. The summed E-state index contributed by atoms with van der Waals surface area (Å²) in [7, 11) is 0. The summed E-state index contributed by atoms with van der Waals surface area (Å²) in [5.41, 5.74) is 2.04. The molecule has 0 radical (unpaired) electrons. The van der Waals surface area contributed by atoms with Crippen LogP contribution in [0.1, 0.15) is 34.0 Å². The van der Waals surface area contributed by atoms with Gasteiger partial charge >= 0.3 is 12.1 Å². The predicted molar refractivity (Wildman–Crippen MR) is 113 cm³/mol. The van der Waals surface area contributed by atoms with E-state index >= 15 is 0 Å². The molecule has 0 fully saturated rings. The highest BCUT2D eigenvalue weighted by molar-refractivity contribution is 5.98. The third-order valence-electron chi connectivity index (χ3n) is 4.50. The highest BCUT2D eigenvalue weighted by atomic mass is 19.4. The van der Waals surface area contributed by atoms with Crippen LogP contribution >= 0.6 is 0 Å². The van der Waals surface area contributed by atoms with Crippen LogP contribution in [0.15, 0.2) is 78.9 Å². The molecule has 3 aromatic rings. The van der Waals surface area contributed by atoms with E-state index < -0.39 is 12.1 Å². The number of hydrogen-bond donors (Lipinski definition) is 0. The normalized spacial score (nSPS) is 10.7. The fraction of sp³-hybridized carbons (Fsp3) is 0.120. The van der Waals surface area contributed by atoms with Crippen LogP contribution in [-0.4, -0.2) is 17.9 Å². The molecule has 3 aromatic carbocycles. The number of alkyl halides is 3. The molecule has 0 saturated carbocycles. The van der Waals surface area contributed by atoms with E-state index in [2.05, 4.69) is 11.8 Å². The smallest absolute Gasteiger partial charge is 0.299 e. The number of hydrogen-bond acceptors (Lipinski definition) is 2. The molecule has 3 nitrogen and oxygen atoms in total. The van der Waals surface area contributed by atoms with Crippen molar-refractivity contribution in [1.29, 1.82) is 0 Å². The molecule has 1 amide bonds. The van der Waals surface area contributed by atoms with E-state index in [0.717, 1.165) is 0 Å². The van der Waals surface area contributed by atoms with Gasteiger partial charge in [-0.2, -0.15) is 13.2 Å². The molecule has 0 N–H and O–H groups in total. The summed E-state index contributed by atoms with van der Waals surface area (Å²) in [6.07, 6.45) is -5.03. The number of rotatable bonds is 4. The van der Waals surface area contributed by atoms with Crippen LogP contribution in [0.25, 0.3) is 0 Å². The van der Waals surface area contributed by atoms with E-state index in [1.54, 1.807) is 72.8 Å². The summed E-state index contributed by atoms with van der Waals surface area (Å²) in [6.45, 7) is 1.21. The molecule has 31 heavy (non-hydrogen) atoms. The summed E-state index contributed by atoms with van der Waals surface area (Å²) in [4.78, 5) is 24.3. The van der Waals surface area contributed by atoms with Gasteiger partial charge in [-0.1, -0.05) is 66.4 Å². The zero-order chi connectivity index (χ0) is 22.4. The predicted octanol–water partition coefficient (Wildman–Crippen LogP) is 5.38. The van der Waals surface area contributed by atoms with Gasteiger partial charge in [0.05, 0.1) is 12.2 Å². The van der Waals surface area contributed by atoms with Crippen molar-refractivity contribution in [2.45, 2.75) is 19.6 Å². The summed E-state index contributed by atoms with van der Waals surface area (Å²) in [6, 6.07) is 21.2. The average molecular weight is 421 g/mol. The summed E-state index contributed by atoms with van der Waals surface area (Å²) in [5.74, 6) is 3.70. The number of ketones is 1. The molecule has 0 aromatic heterocycles. The number of halogens is 3. The van der Waals surface area contributed by atoms with E-state index in [-0.39, 0.29) is 23.6 Å². The molecule has 0 aliphatic heterocycles. The van der Waals surface area contributed by atoms with Crippen molar-refractivity contribution in [3.63, 3.8) is 0 Å². The van der Waals surface area contributed by atoms with Gasteiger partial charge in [-0.25, -0.2) is 0 Å². The molecular weight excluding hydrogens is 403 g/mol. The molecule has 0 heterocycles. The fourth-order valence-electron chi connectivity index (χ4n) is 2.93. The Bertz CT molecular complexity index is 1140. The molecule has 0 spiro atoms. The van der Waals surface area contributed by atoms with Gasteiger partial charge in [0.1, 0.15) is 0 Å². The number of Topliss-reactive ketones (excluding diaryl/α,β-unsaturated/α-hetero) is 1. The molecule has 0 saturated heterocycles. The van der Waals surface area contributed by atoms with Gasteiger partial charge in [0.15, 0.2) is 5.78 Å². The minimum absolute atomic E-state index is 0.0709. The maximum Gasteiger partial charge on any atom is 0.471 e. The zero-order valence-corrected chi connectivity index (χ0v) is 16.6. The molecule has 0 aliphatic carbocycles. The second-order valence-electron chi connectivity index (χ2n) is 6.78. The Kier molecular flexibility index (Phi) is 6.56. The lowest BCUT2D eigenvalue weighted by molar-refractivity contribution is -0.170. The van der Waals surface area contributed by atoms with E-state index in [1.165, 1.54) is 13.0 Å². The number of para-hydroxylation sites is 1. The minimum atomic E-state index is -5.03. The van der Waals surface area contributed by atoms with E-state index in [1.807, 2.05) is 0 Å². The van der Waals surface area contributed by atoms with Gasteiger partial charge in [0.2, 0.25) is 0 Å². The minimum Gasteiger partial charge on any atom is -0.299 e. The third-order valence-corrected chi connectivity index (χ3v) is 4.50. The Morgan fingerprint density at radius 3 is 2.06 bits per heavy atom. The second-order valence-corrected chi connectivity index (χ2v) is 6.78. The maximum atomic E-state index is 13.3. The highest BCUT2D eigenvalue weighted by Crippen LogP contribution is 2.28. The van der Waals surface area contributed by atoms with Crippen LogP contribution in [0.3, 0.4) is 0 Å². The van der Waals surface area contributed by atoms with Crippen molar-refractivity contribution >= 4 is 17.4 Å². The van der Waals surface area contributed by atoms with E-state index in [4.69, 9.17) is 0 Å². The first-order chi connectivity index (χ1) is 14.8. The average Bonchev–Trinajstić information content (AvgIpc) is 2.76. The van der Waals surface area contributed by atoms with Gasteiger partial charge in [0.25, 0.3) is 0 Å². The summed E-state index contributed by atoms with van der Waals surface area (Å²) >= 11 is 0. The van der Waals surface area contributed by atoms with Crippen LogP contribution in [0.5, 0.6) is 0 Å². The van der Waals surface area contributed by atoms with Crippen molar-refractivity contribution in [2.24, 2.45) is 0 Å². The Balaban J connectivity index is 2.00. The zero-order valence-electron chi connectivity index (χ0n) is 16.6. The molecule has 0 bridgehead atoms. The first kappa shape index (κ1) is 21.8. The van der Waals surface area contributed by atoms with Crippen LogP contribution in [0, 0.1) is 11.8 Å². The number of amides is 1. The molecule has 6 heteroatoms. The standard InChI is InChI=1S/C25H18F3NO2/c1-18(30)21-14-11-19(12-15-21)13-16-22-9-5-6-10-23(22)29(24(31)25(26,27)28)17-20-7-3-2-4-8-20/h2-12,14-15H,17H2,1H3. The second kappa shape index (κ2) is 9.31. The van der Waals surface area contributed by atoms with Gasteiger partial charge in [0, 0.05) is 16.7 Å². The quantitative estimate of drug-likeness (QED) is 0.419. The van der Waals surface area contributed by atoms with Gasteiger partial charge in [-0.05, 0) is 36.8 Å². The van der Waals surface area contributed by atoms with Crippen molar-refractivity contribution in [3.8, 4) is 11.8 Å². The summed E-state index contributed by atoms with van der Waals surface area (Å²) in [5, 5.41) is 0. The lowest BCUT2D eigenvalue weighted by Gasteiger charge is -2.25. The lowest BCUT2D eigenvalue weighted by Crippen LogP contribution is -2.41. The fourth-order valence-corrected chi connectivity index (χ4v) is 2.93. The first-order valence-electron chi connectivity index (χ1n) is 9.40. The molecule has 0 unspecified atom stereocenters. The number of carbonyl (C=O) groups excluding carboxylic acids is 2. The first-order valence-corrected chi connectivity index (χ1v) is 9.40. The van der Waals surface area contributed by atoms with Crippen LogP contribution in [-0.2, 0) is 11.3 Å². The SMILES string of the molecule is CC(=O)c1ccc(C#Cc2ccccc2N(Cc2ccccc2)C(=O)C(F)(F)F)cc1. The Morgan fingerprint density at radius 1 is 0.839 bits per heavy atom. The van der Waals surface area contributed by atoms with Gasteiger partial charge in [-0.3, -0.25) is 14.5 Å². The monoisotopic (exact) mass is 421 g/mol. The summed E-state index contributed by atoms with van der Waals surface area (Å²) < 4.78 is 40.0. The van der Waals surface area contributed by atoms with Gasteiger partial charge < -0.3 is 0 Å². The van der Waals surface area contributed by atoms with Crippen LogP contribution in [0.2, 0.25) is 0 Å². The topological polar surface area (TPSA) is 37.4 Å². The number of benzene rings is 3. The molecule has 0 atom stereocenters. The largest absolute Gasteiger partial charge is 0.471 e. The molecular formula is C25H18F3NO2. The van der Waals surface area contributed by atoms with Crippen LogP contribution < -0.4 is 4.90 Å². The molecule has 3 rings (SSSR count). The van der Waals surface area contributed by atoms with Crippen molar-refractivity contribution in [2.75, 3.05) is 4.90 Å². The van der Waals surface area contributed by atoms with E-state index in [9.17, 15) is 22.8 Å². The Hall–Kier alpha value is -3.85. The van der Waals surface area contributed by atoms with Crippen molar-refractivity contribution in [3.05, 3.63) is 101 Å².